The number of benzene rings is 2. The first-order chi connectivity index (χ1) is 11.9. The number of carbonyl (C=O) groups excluding carboxylic acids is 1. The molecule has 0 unspecified atom stereocenters. The average molecular weight is 375 g/mol. The van der Waals surface area contributed by atoms with Gasteiger partial charge in [0.05, 0.1) is 4.90 Å². The first-order valence-electron chi connectivity index (χ1n) is 8.42. The Hall–Kier alpha value is -2.34. The summed E-state index contributed by atoms with van der Waals surface area (Å²) in [5, 5.41) is 2.71. The molecule has 0 radical (unpaired) electrons. The number of hydrogen-bond donors (Lipinski definition) is 2. The second-order valence-corrected chi connectivity index (χ2v) is 9.20. The van der Waals surface area contributed by atoms with Crippen molar-refractivity contribution in [3.8, 4) is 0 Å². The lowest BCUT2D eigenvalue weighted by Crippen LogP contribution is -2.17. The van der Waals surface area contributed by atoms with Gasteiger partial charge in [0.25, 0.3) is 10.0 Å². The Morgan fingerprint density at radius 3 is 2.15 bits per heavy atom. The van der Waals surface area contributed by atoms with Crippen LogP contribution in [0.1, 0.15) is 44.4 Å². The summed E-state index contributed by atoms with van der Waals surface area (Å²) in [5.74, 6) is -0.170. The molecular formula is C20H26N2O3S. The maximum atomic E-state index is 12.9. The molecule has 0 spiro atoms. The molecule has 0 heterocycles. The van der Waals surface area contributed by atoms with E-state index in [-0.39, 0.29) is 16.2 Å². The highest BCUT2D eigenvalue weighted by Crippen LogP contribution is 2.28. The third-order valence-corrected chi connectivity index (χ3v) is 5.66. The average Bonchev–Trinajstić information content (AvgIpc) is 2.48. The number of aryl methyl sites for hydroxylation is 2. The van der Waals surface area contributed by atoms with Crippen molar-refractivity contribution in [3.63, 3.8) is 0 Å². The van der Waals surface area contributed by atoms with Crippen molar-refractivity contribution in [2.24, 2.45) is 0 Å². The molecule has 0 bridgehead atoms. The highest BCUT2D eigenvalue weighted by Gasteiger charge is 2.21. The van der Waals surface area contributed by atoms with E-state index in [9.17, 15) is 13.2 Å². The molecule has 0 saturated carbocycles. The Kier molecular flexibility index (Phi) is 5.47. The van der Waals surface area contributed by atoms with E-state index in [2.05, 4.69) is 10.0 Å². The molecule has 6 heteroatoms. The molecule has 0 saturated heterocycles. The summed E-state index contributed by atoms with van der Waals surface area (Å²) in [4.78, 5) is 11.5. The van der Waals surface area contributed by atoms with Crippen molar-refractivity contribution in [3.05, 3.63) is 53.1 Å². The van der Waals surface area contributed by atoms with Gasteiger partial charge in [-0.3, -0.25) is 9.52 Å². The first-order valence-corrected chi connectivity index (χ1v) is 9.90. The molecular weight excluding hydrogens is 348 g/mol. The van der Waals surface area contributed by atoms with E-state index in [0.29, 0.717) is 16.9 Å². The maximum absolute atomic E-state index is 12.9. The van der Waals surface area contributed by atoms with E-state index in [1.165, 1.54) is 6.92 Å². The zero-order valence-electron chi connectivity index (χ0n) is 16.1. The predicted octanol–water partition coefficient (Wildman–Crippen LogP) is 4.36. The van der Waals surface area contributed by atoms with Gasteiger partial charge in [0.1, 0.15) is 0 Å². The van der Waals surface area contributed by atoms with Gasteiger partial charge in [0.15, 0.2) is 0 Å². The molecule has 2 aromatic rings. The minimum Gasteiger partial charge on any atom is -0.326 e. The van der Waals surface area contributed by atoms with Crippen LogP contribution in [0.15, 0.2) is 41.3 Å². The number of nitrogens with one attached hydrogen (secondary N) is 2. The van der Waals surface area contributed by atoms with Gasteiger partial charge in [-0.2, -0.15) is 0 Å². The van der Waals surface area contributed by atoms with Crippen LogP contribution in [-0.4, -0.2) is 14.3 Å². The molecule has 0 aliphatic heterocycles. The molecule has 2 N–H and O–H groups in total. The minimum absolute atomic E-state index is 0.144. The lowest BCUT2D eigenvalue weighted by molar-refractivity contribution is -0.114. The van der Waals surface area contributed by atoms with Gasteiger partial charge in [0, 0.05) is 18.3 Å². The van der Waals surface area contributed by atoms with Crippen molar-refractivity contribution >= 4 is 27.3 Å². The summed E-state index contributed by atoms with van der Waals surface area (Å²) < 4.78 is 28.4. The fourth-order valence-corrected chi connectivity index (χ4v) is 3.94. The fourth-order valence-electron chi connectivity index (χ4n) is 2.62. The topological polar surface area (TPSA) is 75.3 Å². The van der Waals surface area contributed by atoms with Crippen molar-refractivity contribution < 1.29 is 13.2 Å². The van der Waals surface area contributed by atoms with Gasteiger partial charge < -0.3 is 5.32 Å². The smallest absolute Gasteiger partial charge is 0.262 e. The molecule has 0 aromatic heterocycles. The highest BCUT2D eigenvalue weighted by atomic mass is 32.2. The Morgan fingerprint density at radius 2 is 1.62 bits per heavy atom. The molecule has 0 aliphatic rings. The summed E-state index contributed by atoms with van der Waals surface area (Å²) in [7, 11) is -3.72. The molecule has 2 aromatic carbocycles. The van der Waals surface area contributed by atoms with Crippen molar-refractivity contribution in [2.45, 2.75) is 51.9 Å². The van der Waals surface area contributed by atoms with Crippen LogP contribution in [0.5, 0.6) is 0 Å². The van der Waals surface area contributed by atoms with Crippen LogP contribution in [0.2, 0.25) is 0 Å². The summed E-state index contributed by atoms with van der Waals surface area (Å²) >= 11 is 0. The van der Waals surface area contributed by atoms with Crippen molar-refractivity contribution in [2.75, 3.05) is 10.0 Å². The third kappa shape index (κ3) is 4.64. The summed E-state index contributed by atoms with van der Waals surface area (Å²) in [5.41, 5.74) is 3.40. The van der Waals surface area contributed by atoms with E-state index >= 15 is 0 Å². The molecule has 1 amide bonds. The zero-order valence-corrected chi connectivity index (χ0v) is 16.9. The van der Waals surface area contributed by atoms with Crippen LogP contribution in [0.25, 0.3) is 0 Å². The lowest BCUT2D eigenvalue weighted by atomic mass is 9.87. The van der Waals surface area contributed by atoms with Gasteiger partial charge >= 0.3 is 0 Å². The summed E-state index contributed by atoms with van der Waals surface area (Å²) in [6.45, 7) is 11.2. The Bertz CT molecular complexity index is 942. The first kappa shape index (κ1) is 20.0. The summed E-state index contributed by atoms with van der Waals surface area (Å²) in [6.07, 6.45) is 0. The molecule has 5 nitrogen and oxygen atoms in total. The number of sulfonamides is 1. The van der Waals surface area contributed by atoms with Crippen LogP contribution in [0.3, 0.4) is 0 Å². The largest absolute Gasteiger partial charge is 0.326 e. The number of hydrogen-bond acceptors (Lipinski definition) is 3. The molecule has 140 valence electrons. The van der Waals surface area contributed by atoms with E-state index in [0.717, 1.165) is 11.1 Å². The van der Waals surface area contributed by atoms with Gasteiger partial charge in [-0.05, 0) is 60.2 Å². The predicted molar refractivity (Wildman–Crippen MR) is 106 cm³/mol. The standard InChI is InChI=1S/C20H26N2O3S/c1-13-7-8-16(20(4,5)6)12-19(13)26(24,25)22-17-9-10-18(14(2)11-17)21-15(3)23/h7-12,22H,1-6H3,(H,21,23). The van der Waals surface area contributed by atoms with Gasteiger partial charge in [0.2, 0.25) is 5.91 Å². The maximum Gasteiger partial charge on any atom is 0.262 e. The Labute approximate surface area is 155 Å². The van der Waals surface area contributed by atoms with Crippen LogP contribution >= 0.6 is 0 Å². The Morgan fingerprint density at radius 1 is 0.962 bits per heavy atom. The normalized spacial score (nSPS) is 11.9. The Balaban J connectivity index is 2.38. The fraction of sp³-hybridized carbons (Fsp3) is 0.350. The van der Waals surface area contributed by atoms with Crippen molar-refractivity contribution in [1.29, 1.82) is 0 Å². The van der Waals surface area contributed by atoms with Crippen LogP contribution in [0.4, 0.5) is 11.4 Å². The zero-order chi connectivity index (χ0) is 19.7. The van der Waals surface area contributed by atoms with E-state index in [4.69, 9.17) is 0 Å². The summed E-state index contributed by atoms with van der Waals surface area (Å²) in [6, 6.07) is 10.6. The molecule has 26 heavy (non-hydrogen) atoms. The molecule has 2 rings (SSSR count). The third-order valence-electron chi connectivity index (χ3n) is 4.13. The SMILES string of the molecule is CC(=O)Nc1ccc(NS(=O)(=O)c2cc(C(C)(C)C)ccc2C)cc1C. The van der Waals surface area contributed by atoms with Gasteiger partial charge in [-0.1, -0.05) is 32.9 Å². The van der Waals surface area contributed by atoms with Crippen molar-refractivity contribution in [1.82, 2.24) is 0 Å². The molecule has 0 atom stereocenters. The number of amides is 1. The molecule has 0 fully saturated rings. The van der Waals surface area contributed by atoms with Crippen LogP contribution < -0.4 is 10.0 Å². The van der Waals surface area contributed by atoms with E-state index in [1.807, 2.05) is 39.8 Å². The van der Waals surface area contributed by atoms with Gasteiger partial charge in [-0.25, -0.2) is 8.42 Å². The monoisotopic (exact) mass is 374 g/mol. The van der Waals surface area contributed by atoms with Gasteiger partial charge in [-0.15, -0.1) is 0 Å². The van der Waals surface area contributed by atoms with E-state index in [1.54, 1.807) is 31.2 Å². The second-order valence-electron chi connectivity index (χ2n) is 7.55. The number of rotatable bonds is 4. The van der Waals surface area contributed by atoms with Crippen LogP contribution in [-0.2, 0) is 20.2 Å². The quantitative estimate of drug-likeness (QED) is 0.835. The second kappa shape index (κ2) is 7.11. The highest BCUT2D eigenvalue weighted by molar-refractivity contribution is 7.92. The minimum atomic E-state index is -3.72. The number of carbonyl (C=O) groups is 1. The molecule has 0 aliphatic carbocycles. The lowest BCUT2D eigenvalue weighted by Gasteiger charge is -2.21. The van der Waals surface area contributed by atoms with Crippen LogP contribution in [0, 0.1) is 13.8 Å². The van der Waals surface area contributed by atoms with E-state index < -0.39 is 10.0 Å². The number of anilines is 2.